The molecule has 1 radical (unpaired) electrons. The number of furan rings is 1. The van der Waals surface area contributed by atoms with Crippen LogP contribution in [0.15, 0.2) is 144 Å². The van der Waals surface area contributed by atoms with Crippen molar-refractivity contribution in [1.29, 1.82) is 0 Å². The zero-order valence-electron chi connectivity index (χ0n) is 24.2. The number of rotatable bonds is 3. The van der Waals surface area contributed by atoms with E-state index < -0.39 is 0 Å². The molecular formula is C39H23FIrN4O-2. The maximum Gasteiger partial charge on any atom is 0.168 e. The molecule has 0 bridgehead atoms. The van der Waals surface area contributed by atoms with Gasteiger partial charge in [-0.05, 0) is 48.2 Å². The Morgan fingerprint density at radius 1 is 0.696 bits per heavy atom. The third kappa shape index (κ3) is 5.36. The van der Waals surface area contributed by atoms with Gasteiger partial charge in [-0.3, -0.25) is 4.98 Å². The molecule has 5 nitrogen and oxygen atoms in total. The zero-order valence-corrected chi connectivity index (χ0v) is 26.6. The number of imidazole rings is 1. The number of para-hydroxylation sites is 2. The van der Waals surface area contributed by atoms with Crippen LogP contribution in [0.4, 0.5) is 4.39 Å². The van der Waals surface area contributed by atoms with Gasteiger partial charge in [0.25, 0.3) is 0 Å². The molecule has 0 aliphatic carbocycles. The Morgan fingerprint density at radius 3 is 2.35 bits per heavy atom. The van der Waals surface area contributed by atoms with Gasteiger partial charge in [0, 0.05) is 48.8 Å². The minimum Gasteiger partial charge on any atom is -0.500 e. The second-order valence-corrected chi connectivity index (χ2v) is 10.5. The Labute approximate surface area is 277 Å². The van der Waals surface area contributed by atoms with Crippen LogP contribution in [0, 0.1) is 17.9 Å². The van der Waals surface area contributed by atoms with Crippen molar-refractivity contribution < 1.29 is 28.9 Å². The fourth-order valence-corrected chi connectivity index (χ4v) is 5.57. The summed E-state index contributed by atoms with van der Waals surface area (Å²) in [6, 6.07) is 48.7. The van der Waals surface area contributed by atoms with E-state index in [2.05, 4.69) is 27.8 Å². The number of hydrogen-bond donors (Lipinski definition) is 0. The summed E-state index contributed by atoms with van der Waals surface area (Å²) >= 11 is 0. The van der Waals surface area contributed by atoms with Crippen LogP contribution in [0.2, 0.25) is 0 Å². The quantitative estimate of drug-likeness (QED) is 0.168. The first-order valence-electron chi connectivity index (χ1n) is 14.5. The molecule has 5 aromatic carbocycles. The van der Waals surface area contributed by atoms with Crippen molar-refractivity contribution in [2.75, 3.05) is 0 Å². The maximum atomic E-state index is 13.9. The topological polar surface area (TPSA) is 56.7 Å². The first kappa shape index (κ1) is 29.2. The molecule has 0 saturated carbocycles. The van der Waals surface area contributed by atoms with Crippen LogP contribution in [0.25, 0.3) is 72.3 Å². The molecule has 9 rings (SSSR count). The predicted molar refractivity (Wildman–Crippen MR) is 176 cm³/mol. The molecule has 0 saturated heterocycles. The molecule has 0 amide bonds. The summed E-state index contributed by atoms with van der Waals surface area (Å²) in [5.74, 6) is 0.337. The normalized spacial score (nSPS) is 11.0. The Kier molecular flexibility index (Phi) is 7.93. The van der Waals surface area contributed by atoms with E-state index in [4.69, 9.17) is 14.4 Å². The van der Waals surface area contributed by atoms with Gasteiger partial charge in [-0.1, -0.05) is 59.5 Å². The van der Waals surface area contributed by atoms with Gasteiger partial charge in [-0.15, -0.1) is 54.1 Å². The fraction of sp³-hybridized carbons (Fsp3) is 0. The summed E-state index contributed by atoms with van der Waals surface area (Å²) in [6.45, 7) is 0. The number of hydrogen-bond acceptors (Lipinski definition) is 4. The molecule has 9 aromatic rings. The number of aromatic nitrogens is 4. The van der Waals surface area contributed by atoms with Gasteiger partial charge in [0.05, 0.1) is 22.4 Å². The molecule has 0 aliphatic heterocycles. The predicted octanol–water partition coefficient (Wildman–Crippen LogP) is 9.63. The molecule has 0 N–H and O–H groups in total. The van der Waals surface area contributed by atoms with Crippen LogP contribution in [0.1, 0.15) is 0 Å². The van der Waals surface area contributed by atoms with Crippen molar-refractivity contribution in [2.24, 2.45) is 0 Å². The van der Waals surface area contributed by atoms with E-state index in [9.17, 15) is 4.39 Å². The summed E-state index contributed by atoms with van der Waals surface area (Å²) in [5, 5.41) is 2.78. The minimum atomic E-state index is -0.334. The van der Waals surface area contributed by atoms with Crippen LogP contribution >= 0.6 is 0 Å². The number of benzene rings is 5. The van der Waals surface area contributed by atoms with Crippen molar-refractivity contribution in [3.8, 4) is 28.3 Å². The monoisotopic (exact) mass is 775 g/mol. The van der Waals surface area contributed by atoms with Gasteiger partial charge >= 0.3 is 0 Å². The summed E-state index contributed by atoms with van der Waals surface area (Å²) in [4.78, 5) is 14.0. The van der Waals surface area contributed by atoms with Crippen molar-refractivity contribution >= 4 is 44.0 Å². The molecule has 4 heterocycles. The fourth-order valence-electron chi connectivity index (χ4n) is 5.57. The van der Waals surface area contributed by atoms with Gasteiger partial charge in [-0.2, -0.15) is 0 Å². The third-order valence-electron chi connectivity index (χ3n) is 7.63. The molecule has 46 heavy (non-hydrogen) atoms. The second kappa shape index (κ2) is 12.5. The number of pyridine rings is 2. The zero-order chi connectivity index (χ0) is 30.2. The molecule has 0 aliphatic rings. The maximum absolute atomic E-state index is 13.9. The average molecular weight is 775 g/mol. The van der Waals surface area contributed by atoms with E-state index in [-0.39, 0.29) is 25.9 Å². The first-order chi connectivity index (χ1) is 22.2. The van der Waals surface area contributed by atoms with Crippen molar-refractivity contribution in [3.05, 3.63) is 158 Å². The van der Waals surface area contributed by atoms with Crippen molar-refractivity contribution in [1.82, 2.24) is 19.5 Å². The molecule has 223 valence electrons. The summed E-state index contributed by atoms with van der Waals surface area (Å²) in [5.41, 5.74) is 7.20. The van der Waals surface area contributed by atoms with E-state index in [1.807, 2.05) is 109 Å². The molecule has 0 fully saturated rings. The molecule has 0 spiro atoms. The first-order valence-corrected chi connectivity index (χ1v) is 14.5. The summed E-state index contributed by atoms with van der Waals surface area (Å²) < 4.78 is 22.1. The molecule has 7 heteroatoms. The van der Waals surface area contributed by atoms with Crippen LogP contribution in [-0.4, -0.2) is 19.5 Å². The van der Waals surface area contributed by atoms with E-state index in [0.29, 0.717) is 28.2 Å². The second-order valence-electron chi connectivity index (χ2n) is 10.5. The summed E-state index contributed by atoms with van der Waals surface area (Å²) in [7, 11) is 0. The summed E-state index contributed by atoms with van der Waals surface area (Å²) in [6.07, 6.45) is 1.79. The molecule has 0 unspecified atom stereocenters. The van der Waals surface area contributed by atoms with Gasteiger partial charge in [0.2, 0.25) is 0 Å². The number of nitrogens with zero attached hydrogens (tertiary/aromatic N) is 4. The van der Waals surface area contributed by atoms with Gasteiger partial charge in [0.1, 0.15) is 11.4 Å². The van der Waals surface area contributed by atoms with Crippen LogP contribution in [0.3, 0.4) is 0 Å². The van der Waals surface area contributed by atoms with E-state index >= 15 is 0 Å². The largest absolute Gasteiger partial charge is 0.500 e. The number of fused-ring (bicyclic) bond motifs is 5. The third-order valence-corrected chi connectivity index (χ3v) is 7.63. The van der Waals surface area contributed by atoms with Crippen LogP contribution in [-0.2, 0) is 20.1 Å². The Hall–Kier alpha value is -5.49. The SMILES string of the molecule is Fc1ccc2c(c1)oc1c(-c3nc4nc5ccccc5cc4n3-c3ccccc3)[c-]ccc12.[Ir].[c-]1ccccc1-c1ccccn1. The smallest absolute Gasteiger partial charge is 0.168 e. The van der Waals surface area contributed by atoms with E-state index in [1.165, 1.54) is 12.1 Å². The standard InChI is InChI=1S/C28H15FN3O.C11H8N.Ir/c29-18-13-14-20-21-10-6-11-22(26(21)33-25(20)16-18)28-31-27-24(32(28)19-8-2-1-3-9-19)15-17-7-4-5-12-23(17)30-27;1-2-6-10(7-3-1)11-8-4-5-9-12-11;/h1-10,12-16H;1-6,8-9H;/q2*-1;. The minimum absolute atomic E-state index is 0. The van der Waals surface area contributed by atoms with Crippen LogP contribution < -0.4 is 0 Å². The van der Waals surface area contributed by atoms with E-state index in [0.717, 1.165) is 44.1 Å². The Bertz CT molecular complexity index is 2410. The van der Waals surface area contributed by atoms with E-state index in [1.54, 1.807) is 12.3 Å². The molecule has 0 atom stereocenters. The van der Waals surface area contributed by atoms with Gasteiger partial charge < -0.3 is 14.0 Å². The van der Waals surface area contributed by atoms with Crippen molar-refractivity contribution in [2.45, 2.75) is 0 Å². The van der Waals surface area contributed by atoms with Gasteiger partial charge in [0.15, 0.2) is 5.65 Å². The van der Waals surface area contributed by atoms with Crippen LogP contribution in [0.5, 0.6) is 0 Å². The number of halogens is 1. The average Bonchev–Trinajstić information content (AvgIpc) is 3.66. The Balaban J connectivity index is 0.000000220. The molecular weight excluding hydrogens is 752 g/mol. The Morgan fingerprint density at radius 2 is 1.52 bits per heavy atom. The van der Waals surface area contributed by atoms with Gasteiger partial charge in [-0.25, -0.2) is 9.37 Å². The van der Waals surface area contributed by atoms with Crippen molar-refractivity contribution in [3.63, 3.8) is 0 Å². The molecule has 4 aromatic heterocycles.